The maximum atomic E-state index is 7.49. The summed E-state index contributed by atoms with van der Waals surface area (Å²) in [4.78, 5) is 4.51. The minimum atomic E-state index is 0.681. The highest BCUT2D eigenvalue weighted by Crippen LogP contribution is 2.46. The van der Waals surface area contributed by atoms with Crippen molar-refractivity contribution < 1.29 is 0 Å². The second kappa shape index (κ2) is 15.3. The van der Waals surface area contributed by atoms with Gasteiger partial charge >= 0.3 is 0 Å². The molecular formula is C44H39ClN2. The highest BCUT2D eigenvalue weighted by Gasteiger charge is 2.23. The van der Waals surface area contributed by atoms with Gasteiger partial charge in [-0.1, -0.05) is 147 Å². The molecule has 0 unspecified atom stereocenters. The zero-order chi connectivity index (χ0) is 32.4. The fourth-order valence-electron chi connectivity index (χ4n) is 5.92. The predicted molar refractivity (Wildman–Crippen MR) is 203 cm³/mol. The number of anilines is 5. The number of hydrogen-bond donors (Lipinski definition) is 0. The molecule has 0 atom stereocenters. The molecule has 0 radical (unpaired) electrons. The molecule has 2 nitrogen and oxygen atoms in total. The lowest BCUT2D eigenvalue weighted by Crippen LogP contribution is -2.18. The van der Waals surface area contributed by atoms with Crippen LogP contribution in [0.5, 0.6) is 0 Å². The van der Waals surface area contributed by atoms with Crippen LogP contribution in [0.4, 0.5) is 28.4 Å². The van der Waals surface area contributed by atoms with Crippen molar-refractivity contribution in [2.75, 3.05) is 9.80 Å². The van der Waals surface area contributed by atoms with Gasteiger partial charge in [0.2, 0.25) is 0 Å². The van der Waals surface area contributed by atoms with Gasteiger partial charge in [0.05, 0.1) is 16.4 Å². The van der Waals surface area contributed by atoms with Crippen LogP contribution < -0.4 is 9.80 Å². The molecule has 0 aliphatic heterocycles. The second-order valence-electron chi connectivity index (χ2n) is 11.1. The molecule has 0 heterocycles. The van der Waals surface area contributed by atoms with Crippen molar-refractivity contribution >= 4 is 40.0 Å². The molecule has 0 saturated carbocycles. The van der Waals surface area contributed by atoms with Crippen LogP contribution in [0.2, 0.25) is 5.02 Å². The maximum Gasteiger partial charge on any atom is 0.0887 e. The maximum absolute atomic E-state index is 7.49. The van der Waals surface area contributed by atoms with E-state index in [0.29, 0.717) is 5.02 Å². The molecule has 0 saturated heterocycles. The van der Waals surface area contributed by atoms with E-state index in [9.17, 15) is 0 Å². The lowest BCUT2D eigenvalue weighted by molar-refractivity contribution is 0.997. The molecule has 0 spiro atoms. The molecule has 232 valence electrons. The molecule has 1 aliphatic carbocycles. The number of benzene rings is 6. The van der Waals surface area contributed by atoms with Crippen molar-refractivity contribution in [1.29, 1.82) is 0 Å². The zero-order valence-electron chi connectivity index (χ0n) is 26.9. The standard InChI is InChI=1S/C42H33ClN2.C2H6/c43-42-40(44(36-18-9-3-10-19-36)37-20-11-4-12-21-37)22-13-23-41(42)45(38-28-24-34(25-29-38)32-14-5-1-6-15-32)39-30-26-35(27-31-39)33-16-7-2-8-17-33;1-2/h1-3,5-11,13-31H,4,12H2;1-2H3. The number of para-hydroxylation sites is 1. The molecule has 3 heteroatoms. The topological polar surface area (TPSA) is 6.48 Å². The Balaban J connectivity index is 0.00000190. The third kappa shape index (κ3) is 7.09. The second-order valence-corrected chi connectivity index (χ2v) is 11.4. The lowest BCUT2D eigenvalue weighted by atomic mass is 10.0. The van der Waals surface area contributed by atoms with Gasteiger partial charge in [-0.2, -0.15) is 0 Å². The number of nitrogens with zero attached hydrogens (tertiary/aromatic N) is 2. The lowest BCUT2D eigenvalue weighted by Gasteiger charge is -2.32. The van der Waals surface area contributed by atoms with Crippen molar-refractivity contribution in [2.24, 2.45) is 0 Å². The summed E-state index contributed by atoms with van der Waals surface area (Å²) in [5.74, 6) is 0. The minimum absolute atomic E-state index is 0.681. The smallest absolute Gasteiger partial charge is 0.0887 e. The predicted octanol–water partition coefficient (Wildman–Crippen LogP) is 13.5. The molecule has 6 aromatic carbocycles. The van der Waals surface area contributed by atoms with Gasteiger partial charge in [-0.15, -0.1) is 0 Å². The van der Waals surface area contributed by atoms with E-state index >= 15 is 0 Å². The summed E-state index contributed by atoms with van der Waals surface area (Å²) >= 11 is 7.49. The van der Waals surface area contributed by atoms with Crippen LogP contribution in [0, 0.1) is 0 Å². The Morgan fingerprint density at radius 3 is 1.32 bits per heavy atom. The van der Waals surface area contributed by atoms with Gasteiger partial charge in [0.25, 0.3) is 0 Å². The highest BCUT2D eigenvalue weighted by atomic mass is 35.5. The van der Waals surface area contributed by atoms with Crippen molar-refractivity contribution in [3.63, 3.8) is 0 Å². The SMILES string of the molecule is CC.Clc1c(N(C2=CCCC=C2)c2ccccc2)cccc1N(c1ccc(-c2ccccc2)cc1)c1ccc(-c2ccccc2)cc1. The average molecular weight is 631 g/mol. The third-order valence-electron chi connectivity index (χ3n) is 8.15. The van der Waals surface area contributed by atoms with Gasteiger partial charge in [0.1, 0.15) is 0 Å². The van der Waals surface area contributed by atoms with E-state index in [-0.39, 0.29) is 0 Å². The molecule has 0 fully saturated rings. The number of halogens is 1. The van der Waals surface area contributed by atoms with Crippen LogP contribution in [0.3, 0.4) is 0 Å². The van der Waals surface area contributed by atoms with E-state index in [1.165, 1.54) is 22.3 Å². The van der Waals surface area contributed by atoms with Crippen molar-refractivity contribution in [3.05, 3.63) is 187 Å². The Labute approximate surface area is 284 Å². The van der Waals surface area contributed by atoms with Crippen molar-refractivity contribution in [2.45, 2.75) is 26.7 Å². The normalized spacial score (nSPS) is 12.0. The highest BCUT2D eigenvalue weighted by molar-refractivity contribution is 6.36. The van der Waals surface area contributed by atoms with Crippen molar-refractivity contribution in [1.82, 2.24) is 0 Å². The molecular weight excluding hydrogens is 592 g/mol. The third-order valence-corrected chi connectivity index (χ3v) is 8.54. The number of hydrogen-bond acceptors (Lipinski definition) is 2. The van der Waals surface area contributed by atoms with Crippen LogP contribution in [0.15, 0.2) is 182 Å². The molecule has 47 heavy (non-hydrogen) atoms. The van der Waals surface area contributed by atoms with Crippen LogP contribution in [0.1, 0.15) is 26.7 Å². The van der Waals surface area contributed by atoms with Crippen LogP contribution >= 0.6 is 11.6 Å². The first-order valence-corrected chi connectivity index (χ1v) is 16.8. The van der Waals surface area contributed by atoms with Crippen LogP contribution in [0.25, 0.3) is 22.3 Å². The summed E-state index contributed by atoms with van der Waals surface area (Å²) in [7, 11) is 0. The monoisotopic (exact) mass is 630 g/mol. The van der Waals surface area contributed by atoms with Gasteiger partial charge in [0, 0.05) is 22.8 Å². The molecule has 1 aliphatic rings. The first-order valence-electron chi connectivity index (χ1n) is 16.4. The molecule has 0 aromatic heterocycles. The summed E-state index contributed by atoms with van der Waals surface area (Å²) in [5.41, 5.74) is 10.8. The average Bonchev–Trinajstić information content (AvgIpc) is 3.16. The molecule has 0 bridgehead atoms. The Hall–Kier alpha value is -5.31. The minimum Gasteiger partial charge on any atom is -0.309 e. The fraction of sp³-hybridized carbons (Fsp3) is 0.0909. The summed E-state index contributed by atoms with van der Waals surface area (Å²) in [6.45, 7) is 4.00. The molecule has 7 rings (SSSR count). The Morgan fingerprint density at radius 2 is 0.851 bits per heavy atom. The molecule has 6 aromatic rings. The molecule has 0 amide bonds. The Morgan fingerprint density at radius 1 is 0.426 bits per heavy atom. The van der Waals surface area contributed by atoms with Gasteiger partial charge < -0.3 is 9.80 Å². The van der Waals surface area contributed by atoms with E-state index in [1.807, 2.05) is 32.0 Å². The quantitative estimate of drug-likeness (QED) is 0.165. The van der Waals surface area contributed by atoms with Crippen molar-refractivity contribution in [3.8, 4) is 22.3 Å². The van der Waals surface area contributed by atoms with E-state index in [1.54, 1.807) is 0 Å². The zero-order valence-corrected chi connectivity index (χ0v) is 27.7. The van der Waals surface area contributed by atoms with Gasteiger partial charge in [-0.05, 0) is 89.7 Å². The van der Waals surface area contributed by atoms with E-state index in [2.05, 4.69) is 168 Å². The number of rotatable bonds is 8. The first kappa shape index (κ1) is 31.7. The largest absolute Gasteiger partial charge is 0.309 e. The summed E-state index contributed by atoms with van der Waals surface area (Å²) in [6.07, 6.45) is 8.77. The van der Waals surface area contributed by atoms with Gasteiger partial charge in [-0.25, -0.2) is 0 Å². The van der Waals surface area contributed by atoms with Gasteiger partial charge in [-0.3, -0.25) is 0 Å². The van der Waals surface area contributed by atoms with E-state index in [4.69, 9.17) is 11.6 Å². The summed E-state index contributed by atoms with van der Waals surface area (Å²) in [5, 5.41) is 0.681. The van der Waals surface area contributed by atoms with Gasteiger partial charge in [0.15, 0.2) is 0 Å². The molecule has 0 N–H and O–H groups in total. The van der Waals surface area contributed by atoms with E-state index in [0.717, 1.165) is 47.0 Å². The van der Waals surface area contributed by atoms with E-state index < -0.39 is 0 Å². The summed E-state index contributed by atoms with van der Waals surface area (Å²) in [6, 6.07) is 55.2. The Kier molecular flexibility index (Phi) is 10.3. The summed E-state index contributed by atoms with van der Waals surface area (Å²) < 4.78 is 0. The number of allylic oxidation sites excluding steroid dienone is 3. The fourth-order valence-corrected chi connectivity index (χ4v) is 6.21. The van der Waals surface area contributed by atoms with Crippen LogP contribution in [-0.4, -0.2) is 0 Å². The first-order chi connectivity index (χ1) is 23.3. The Bertz CT molecular complexity index is 1850. The van der Waals surface area contributed by atoms with Crippen LogP contribution in [-0.2, 0) is 0 Å².